The summed E-state index contributed by atoms with van der Waals surface area (Å²) in [6.07, 6.45) is 4.46. The number of hydrogen-bond acceptors (Lipinski definition) is 14. The zero-order valence-electron chi connectivity index (χ0n) is 21.0. The number of anilines is 1. The molecule has 20 heteroatoms. The van der Waals surface area contributed by atoms with Gasteiger partial charge < -0.3 is 32.0 Å². The van der Waals surface area contributed by atoms with Gasteiger partial charge in [0.05, 0.1) is 18.4 Å². The average molecular weight is 601 g/mol. The number of amides is 2. The van der Waals surface area contributed by atoms with Gasteiger partial charge >= 0.3 is 16.3 Å². The molecule has 0 spiro atoms. The van der Waals surface area contributed by atoms with E-state index in [1.807, 2.05) is 0 Å². The van der Waals surface area contributed by atoms with Gasteiger partial charge in [0.2, 0.25) is 5.60 Å². The SMILES string of the molecule is C1CCNC1.NCc1cnn(CC2C(NC(=O)/C(=N\OC3(C(=O)O)CC3)c3csc(N)n3)C(=O)N2S(=O)(=O)O)n1. The van der Waals surface area contributed by atoms with Crippen molar-refractivity contribution in [2.45, 2.75) is 56.5 Å². The number of nitrogens with zero attached hydrogens (tertiary/aromatic N) is 6. The molecule has 0 radical (unpaired) electrons. The molecular formula is C20H28N10O8S2. The molecular weight excluding hydrogens is 572 g/mol. The lowest BCUT2D eigenvalue weighted by atomic mass is 9.98. The van der Waals surface area contributed by atoms with E-state index in [4.69, 9.17) is 16.3 Å². The molecule has 2 aromatic heterocycles. The number of carboxylic acids is 1. The van der Waals surface area contributed by atoms with Gasteiger partial charge in [-0.1, -0.05) is 5.16 Å². The Morgan fingerprint density at radius 3 is 2.50 bits per heavy atom. The van der Waals surface area contributed by atoms with Crippen LogP contribution in [-0.2, 0) is 42.6 Å². The van der Waals surface area contributed by atoms with Gasteiger partial charge in [-0.15, -0.1) is 11.3 Å². The number of hydrogen-bond donors (Lipinski definition) is 6. The van der Waals surface area contributed by atoms with Gasteiger partial charge in [-0.25, -0.2) is 14.1 Å². The number of aliphatic carboxylic acids is 1. The molecule has 3 fully saturated rings. The second-order valence-electron chi connectivity index (χ2n) is 9.08. The largest absolute Gasteiger partial charge is 0.478 e. The fourth-order valence-electron chi connectivity index (χ4n) is 3.85. The predicted octanol–water partition coefficient (Wildman–Crippen LogP) is -2.32. The fourth-order valence-corrected chi connectivity index (χ4v) is 5.27. The second kappa shape index (κ2) is 11.8. The second-order valence-corrected chi connectivity index (χ2v) is 11.3. The topological polar surface area (TPSA) is 270 Å². The lowest BCUT2D eigenvalue weighted by molar-refractivity contribution is -0.153. The maximum Gasteiger partial charge on any atom is 0.362 e. The number of carboxylic acid groups (broad SMARTS) is 1. The number of nitrogen functional groups attached to an aromatic ring is 1. The first-order valence-electron chi connectivity index (χ1n) is 12.1. The summed E-state index contributed by atoms with van der Waals surface area (Å²) in [6, 6.07) is -2.73. The number of β-lactam (4-membered cyclic amide) rings is 1. The third-order valence-corrected chi connectivity index (χ3v) is 7.81. The van der Waals surface area contributed by atoms with Crippen molar-refractivity contribution in [3.8, 4) is 0 Å². The highest BCUT2D eigenvalue weighted by atomic mass is 32.2. The Bertz CT molecular complexity index is 1390. The van der Waals surface area contributed by atoms with E-state index in [9.17, 15) is 32.5 Å². The first kappa shape index (κ1) is 29.3. The molecule has 2 atom stereocenters. The van der Waals surface area contributed by atoms with Gasteiger partial charge in [0.1, 0.15) is 17.8 Å². The summed E-state index contributed by atoms with van der Waals surface area (Å²) in [6.45, 7) is 2.24. The highest BCUT2D eigenvalue weighted by molar-refractivity contribution is 7.84. The zero-order valence-corrected chi connectivity index (χ0v) is 22.6. The van der Waals surface area contributed by atoms with Crippen molar-refractivity contribution in [1.29, 1.82) is 0 Å². The van der Waals surface area contributed by atoms with E-state index >= 15 is 0 Å². The number of rotatable bonds is 10. The molecule has 4 heterocycles. The van der Waals surface area contributed by atoms with Crippen LogP contribution in [0.25, 0.3) is 0 Å². The first-order valence-corrected chi connectivity index (χ1v) is 14.3. The van der Waals surface area contributed by atoms with Crippen LogP contribution in [0.1, 0.15) is 37.1 Å². The summed E-state index contributed by atoms with van der Waals surface area (Å²) in [5, 5.41) is 27.8. The lowest BCUT2D eigenvalue weighted by Gasteiger charge is -2.43. The van der Waals surface area contributed by atoms with Gasteiger partial charge in [0.15, 0.2) is 10.8 Å². The van der Waals surface area contributed by atoms with Gasteiger partial charge in [-0.2, -0.15) is 23.4 Å². The van der Waals surface area contributed by atoms with Gasteiger partial charge in [-0.3, -0.25) is 14.1 Å². The maximum atomic E-state index is 13.0. The molecule has 5 rings (SSSR count). The Morgan fingerprint density at radius 2 is 2.02 bits per heavy atom. The Kier molecular flexibility index (Phi) is 8.63. The van der Waals surface area contributed by atoms with Crippen molar-refractivity contribution in [3.05, 3.63) is 23.0 Å². The van der Waals surface area contributed by atoms with Crippen LogP contribution in [0.4, 0.5) is 5.13 Å². The van der Waals surface area contributed by atoms with Crippen LogP contribution >= 0.6 is 11.3 Å². The van der Waals surface area contributed by atoms with E-state index in [-0.39, 0.29) is 41.1 Å². The van der Waals surface area contributed by atoms with E-state index in [0.29, 0.717) is 5.69 Å². The predicted molar refractivity (Wildman–Crippen MR) is 138 cm³/mol. The molecule has 18 nitrogen and oxygen atoms in total. The number of aromatic nitrogens is 4. The average Bonchev–Trinajstić information content (AvgIpc) is 3.31. The van der Waals surface area contributed by atoms with Gasteiger partial charge in [-0.05, 0) is 25.9 Å². The number of nitrogens with one attached hydrogen (secondary N) is 2. The summed E-state index contributed by atoms with van der Waals surface area (Å²) in [4.78, 5) is 47.0. The number of carbonyl (C=O) groups is 3. The van der Waals surface area contributed by atoms with Crippen molar-refractivity contribution in [1.82, 2.24) is 34.9 Å². The van der Waals surface area contributed by atoms with E-state index in [1.165, 1.54) is 37.5 Å². The van der Waals surface area contributed by atoms with Crippen LogP contribution in [0.5, 0.6) is 0 Å². The minimum Gasteiger partial charge on any atom is -0.478 e. The molecule has 3 aliphatic rings. The quantitative estimate of drug-likeness (QED) is 0.0723. The summed E-state index contributed by atoms with van der Waals surface area (Å²) in [5.74, 6) is -3.41. The summed E-state index contributed by atoms with van der Waals surface area (Å²) >= 11 is 0.971. The third kappa shape index (κ3) is 6.53. The lowest BCUT2D eigenvalue weighted by Crippen LogP contribution is -2.73. The Morgan fingerprint density at radius 1 is 1.32 bits per heavy atom. The number of thiazole rings is 1. The fraction of sp³-hybridized carbons (Fsp3) is 0.550. The van der Waals surface area contributed by atoms with Crippen LogP contribution in [0, 0.1) is 0 Å². The molecule has 218 valence electrons. The molecule has 0 aromatic carbocycles. The minimum absolute atomic E-state index is 0.0533. The van der Waals surface area contributed by atoms with Crippen molar-refractivity contribution in [3.63, 3.8) is 0 Å². The Hall–Kier alpha value is -3.72. The molecule has 2 unspecified atom stereocenters. The number of nitrogens with two attached hydrogens (primary N) is 2. The summed E-state index contributed by atoms with van der Waals surface area (Å²) < 4.78 is 33.1. The number of carbonyl (C=O) groups excluding carboxylic acids is 2. The normalized spacial score (nSPS) is 21.7. The Labute approximate surface area is 231 Å². The molecule has 2 aliphatic heterocycles. The highest BCUT2D eigenvalue weighted by Crippen LogP contribution is 2.40. The highest BCUT2D eigenvalue weighted by Gasteiger charge is 2.56. The van der Waals surface area contributed by atoms with Crippen LogP contribution in [-0.4, -0.2) is 96.6 Å². The van der Waals surface area contributed by atoms with E-state index in [0.717, 1.165) is 16.1 Å². The molecule has 2 saturated heterocycles. The molecule has 2 amide bonds. The van der Waals surface area contributed by atoms with Crippen LogP contribution in [0.2, 0.25) is 0 Å². The molecule has 40 heavy (non-hydrogen) atoms. The van der Waals surface area contributed by atoms with Crippen molar-refractivity contribution < 1.29 is 37.3 Å². The standard InChI is InChI=1S/C16H19N9O8S2.C4H9N/c17-3-7-4-19-24(22-7)5-9-11(13(27)25(9)35(30,31)32)21-12(26)10(8-6-34-15(18)20-8)23-33-16(1-2-16)14(28)29;1-2-4-5-3-1/h4,6,9,11H,1-3,5,17H2,(H2,18,20)(H,21,26)(H,28,29)(H,30,31,32);5H,1-4H2/b23-10-;. The molecule has 2 aromatic rings. The first-order chi connectivity index (χ1) is 18.9. The monoisotopic (exact) mass is 600 g/mol. The summed E-state index contributed by atoms with van der Waals surface area (Å²) in [7, 11) is -4.96. The van der Waals surface area contributed by atoms with Crippen molar-refractivity contribution in [2.75, 3.05) is 18.8 Å². The van der Waals surface area contributed by atoms with E-state index < -0.39 is 51.5 Å². The molecule has 1 saturated carbocycles. The smallest absolute Gasteiger partial charge is 0.362 e. The number of oxime groups is 1. The van der Waals surface area contributed by atoms with Crippen LogP contribution in [0.3, 0.4) is 0 Å². The molecule has 0 bridgehead atoms. The molecule has 8 N–H and O–H groups in total. The van der Waals surface area contributed by atoms with Crippen molar-refractivity contribution >= 4 is 50.3 Å². The zero-order chi connectivity index (χ0) is 29.1. The van der Waals surface area contributed by atoms with Crippen LogP contribution in [0.15, 0.2) is 16.7 Å². The van der Waals surface area contributed by atoms with E-state index in [2.05, 4.69) is 31.0 Å². The van der Waals surface area contributed by atoms with E-state index in [1.54, 1.807) is 0 Å². The maximum absolute atomic E-state index is 13.0. The van der Waals surface area contributed by atoms with Crippen LogP contribution < -0.4 is 22.1 Å². The third-order valence-electron chi connectivity index (χ3n) is 6.19. The molecule has 1 aliphatic carbocycles. The Balaban J connectivity index is 0.000000666. The minimum atomic E-state index is -4.96. The van der Waals surface area contributed by atoms with Gasteiger partial charge in [0.25, 0.3) is 11.8 Å². The summed E-state index contributed by atoms with van der Waals surface area (Å²) in [5.41, 5.74) is 9.36. The van der Waals surface area contributed by atoms with Crippen molar-refractivity contribution in [2.24, 2.45) is 10.9 Å². The van der Waals surface area contributed by atoms with Gasteiger partial charge in [0, 0.05) is 24.8 Å².